The summed E-state index contributed by atoms with van der Waals surface area (Å²) in [4.78, 5) is 46.4. The Morgan fingerprint density at radius 2 is 1.93 bits per heavy atom. The van der Waals surface area contributed by atoms with Crippen molar-refractivity contribution in [2.45, 2.75) is 39.2 Å². The molecule has 208 valence electrons. The Balaban J connectivity index is 1.52. The van der Waals surface area contributed by atoms with Crippen molar-refractivity contribution >= 4 is 52.0 Å². The number of aromatic nitrogens is 5. The summed E-state index contributed by atoms with van der Waals surface area (Å²) in [6.07, 6.45) is 6.45. The van der Waals surface area contributed by atoms with E-state index in [1.165, 1.54) is 11.9 Å². The van der Waals surface area contributed by atoms with Crippen LogP contribution in [-0.2, 0) is 7.05 Å². The van der Waals surface area contributed by atoms with Crippen molar-refractivity contribution in [3.05, 3.63) is 80.4 Å². The molecule has 4 aromatic rings. The van der Waals surface area contributed by atoms with Gasteiger partial charge in [-0.25, -0.2) is 19.9 Å². The molecule has 5 rings (SSSR count). The summed E-state index contributed by atoms with van der Waals surface area (Å²) >= 11 is 7.28. The lowest BCUT2D eigenvalue weighted by Crippen LogP contribution is -2.30. The number of hydrogen-bond donors (Lipinski definition) is 2. The van der Waals surface area contributed by atoms with Gasteiger partial charge in [-0.05, 0) is 56.5 Å². The van der Waals surface area contributed by atoms with Crippen LogP contribution in [0.2, 0.25) is 5.15 Å². The molecule has 1 amide bonds. The van der Waals surface area contributed by atoms with E-state index in [1.807, 2.05) is 45.3 Å². The molecule has 0 spiro atoms. The van der Waals surface area contributed by atoms with Gasteiger partial charge in [-0.1, -0.05) is 29.6 Å². The average molecular weight is 579 g/mol. The lowest BCUT2D eigenvalue weighted by Gasteiger charge is -2.23. The van der Waals surface area contributed by atoms with Crippen LogP contribution >= 0.6 is 23.5 Å². The van der Waals surface area contributed by atoms with E-state index in [9.17, 15) is 9.59 Å². The van der Waals surface area contributed by atoms with Gasteiger partial charge in [0.05, 0.1) is 22.6 Å². The van der Waals surface area contributed by atoms with Crippen LogP contribution in [0.25, 0.3) is 10.9 Å². The summed E-state index contributed by atoms with van der Waals surface area (Å²) in [7, 11) is 1.77. The van der Waals surface area contributed by atoms with Crippen molar-refractivity contribution in [2.24, 2.45) is 7.05 Å². The fraction of sp³-hybridized carbons (Fsp3) is 0.357. The summed E-state index contributed by atoms with van der Waals surface area (Å²) in [5.41, 5.74) is 4.13. The van der Waals surface area contributed by atoms with Gasteiger partial charge >= 0.3 is 0 Å². The van der Waals surface area contributed by atoms with Gasteiger partial charge in [-0.15, -0.1) is 0 Å². The van der Waals surface area contributed by atoms with Crippen molar-refractivity contribution < 1.29 is 4.79 Å². The maximum Gasteiger partial charge on any atom is 0.281 e. The first-order valence-electron chi connectivity index (χ1n) is 13.0. The quantitative estimate of drug-likeness (QED) is 0.240. The average Bonchev–Trinajstić information content (AvgIpc) is 3.42. The molecule has 1 aromatic carbocycles. The SMILES string of the molecule is CSNC(=O)c1nc(Cl)ccc1NC(C)c1cc(C)cc2c(=O)n(C)c(N3CC[C@@H](c4cnc(C)nc4)C3)nc12. The molecule has 1 fully saturated rings. The van der Waals surface area contributed by atoms with Crippen LogP contribution in [0.5, 0.6) is 0 Å². The Morgan fingerprint density at radius 1 is 1.18 bits per heavy atom. The first-order chi connectivity index (χ1) is 19.2. The minimum Gasteiger partial charge on any atom is -0.377 e. The summed E-state index contributed by atoms with van der Waals surface area (Å²) < 4.78 is 4.33. The number of benzene rings is 1. The molecule has 0 saturated carbocycles. The van der Waals surface area contributed by atoms with E-state index >= 15 is 0 Å². The first-order valence-corrected chi connectivity index (χ1v) is 14.6. The van der Waals surface area contributed by atoms with Crippen molar-refractivity contribution in [1.82, 2.24) is 29.2 Å². The van der Waals surface area contributed by atoms with Crippen LogP contribution in [0.3, 0.4) is 0 Å². The molecule has 4 heterocycles. The van der Waals surface area contributed by atoms with Gasteiger partial charge in [0.2, 0.25) is 5.95 Å². The molecule has 2 N–H and O–H groups in total. The molecule has 1 saturated heterocycles. The third kappa shape index (κ3) is 5.48. The predicted molar refractivity (Wildman–Crippen MR) is 160 cm³/mol. The molecule has 1 unspecified atom stereocenters. The highest BCUT2D eigenvalue weighted by molar-refractivity contribution is 7.97. The molecular weight excluding hydrogens is 548 g/mol. The number of fused-ring (bicyclic) bond motifs is 1. The van der Waals surface area contributed by atoms with Gasteiger partial charge in [-0.3, -0.25) is 18.9 Å². The molecule has 10 nitrogen and oxygen atoms in total. The number of halogens is 1. The number of nitrogens with zero attached hydrogens (tertiary/aromatic N) is 6. The van der Waals surface area contributed by atoms with E-state index in [4.69, 9.17) is 16.6 Å². The topological polar surface area (TPSA) is 118 Å². The van der Waals surface area contributed by atoms with E-state index < -0.39 is 0 Å². The fourth-order valence-electron chi connectivity index (χ4n) is 5.16. The third-order valence-corrected chi connectivity index (χ3v) is 7.78. The van der Waals surface area contributed by atoms with E-state index in [2.05, 4.69) is 29.9 Å². The minimum absolute atomic E-state index is 0.104. The van der Waals surface area contributed by atoms with Crippen LogP contribution < -0.4 is 20.5 Å². The molecule has 12 heteroatoms. The van der Waals surface area contributed by atoms with Gasteiger partial charge in [0, 0.05) is 50.3 Å². The first kappa shape index (κ1) is 27.9. The monoisotopic (exact) mass is 578 g/mol. The van der Waals surface area contributed by atoms with Crippen LogP contribution in [0.4, 0.5) is 11.6 Å². The number of carbonyl (C=O) groups is 1. The zero-order chi connectivity index (χ0) is 28.6. The highest BCUT2D eigenvalue weighted by Gasteiger charge is 2.28. The van der Waals surface area contributed by atoms with Crippen molar-refractivity contribution in [3.8, 4) is 0 Å². The highest BCUT2D eigenvalue weighted by Crippen LogP contribution is 2.32. The highest BCUT2D eigenvalue weighted by atomic mass is 35.5. The maximum atomic E-state index is 13.6. The molecule has 3 aromatic heterocycles. The van der Waals surface area contributed by atoms with Crippen LogP contribution in [0.15, 0.2) is 41.5 Å². The molecule has 2 atom stereocenters. The Morgan fingerprint density at radius 3 is 2.65 bits per heavy atom. The number of pyridine rings is 1. The Kier molecular flexibility index (Phi) is 7.95. The van der Waals surface area contributed by atoms with Crippen LogP contribution in [0.1, 0.15) is 58.3 Å². The van der Waals surface area contributed by atoms with Crippen molar-refractivity contribution in [3.63, 3.8) is 0 Å². The number of rotatable bonds is 7. The van der Waals surface area contributed by atoms with Gasteiger partial charge in [0.25, 0.3) is 11.5 Å². The lowest BCUT2D eigenvalue weighted by molar-refractivity contribution is 0.0980. The molecule has 40 heavy (non-hydrogen) atoms. The molecule has 1 aliphatic heterocycles. The van der Waals surface area contributed by atoms with E-state index in [-0.39, 0.29) is 34.3 Å². The van der Waals surface area contributed by atoms with E-state index in [0.29, 0.717) is 22.5 Å². The summed E-state index contributed by atoms with van der Waals surface area (Å²) in [6.45, 7) is 7.29. The summed E-state index contributed by atoms with van der Waals surface area (Å²) in [6, 6.07) is 6.97. The second kappa shape index (κ2) is 11.4. The molecule has 1 aliphatic rings. The number of carbonyl (C=O) groups excluding carboxylic acids is 1. The summed E-state index contributed by atoms with van der Waals surface area (Å²) in [5, 5.41) is 4.17. The van der Waals surface area contributed by atoms with Crippen LogP contribution in [0, 0.1) is 13.8 Å². The van der Waals surface area contributed by atoms with E-state index in [1.54, 1.807) is 30.0 Å². The van der Waals surface area contributed by atoms with Gasteiger partial charge in [0.1, 0.15) is 11.0 Å². The fourth-order valence-corrected chi connectivity index (χ4v) is 5.59. The predicted octanol–water partition coefficient (Wildman–Crippen LogP) is 4.56. The largest absolute Gasteiger partial charge is 0.377 e. The van der Waals surface area contributed by atoms with Crippen LogP contribution in [-0.4, -0.2) is 49.8 Å². The Hall–Kier alpha value is -3.70. The van der Waals surface area contributed by atoms with Crippen molar-refractivity contribution in [2.75, 3.05) is 29.6 Å². The molecule has 0 radical (unpaired) electrons. The second-order valence-electron chi connectivity index (χ2n) is 10.1. The maximum absolute atomic E-state index is 13.6. The van der Waals surface area contributed by atoms with E-state index in [0.717, 1.165) is 42.0 Å². The third-order valence-electron chi connectivity index (χ3n) is 7.18. The number of amides is 1. The molecule has 0 bridgehead atoms. The number of aryl methyl sites for hydroxylation is 2. The minimum atomic E-state index is -0.351. The standard InChI is InChI=1S/C28H31ClN8O2S/c1-15-10-20(16(2)32-22-6-7-23(29)33-25(22)26(38)35-40-5)24-21(11-15)27(39)36(4)28(34-24)37-9-8-18(14-37)19-12-30-17(3)31-13-19/h6-7,10-13,16,18,32H,8-9,14H2,1-5H3,(H,35,38)/t16?,18-/m1/s1. The Bertz CT molecular complexity index is 1640. The number of nitrogens with one attached hydrogen (secondary N) is 2. The lowest BCUT2D eigenvalue weighted by atomic mass is 10.0. The normalized spacial score (nSPS) is 15.8. The number of anilines is 2. The Labute approximate surface area is 241 Å². The van der Waals surface area contributed by atoms with Crippen molar-refractivity contribution in [1.29, 1.82) is 0 Å². The van der Waals surface area contributed by atoms with Gasteiger partial charge < -0.3 is 10.2 Å². The number of hydrogen-bond acceptors (Lipinski definition) is 9. The van der Waals surface area contributed by atoms with Gasteiger partial charge in [0.15, 0.2) is 5.69 Å². The summed E-state index contributed by atoms with van der Waals surface area (Å²) in [5.74, 6) is 1.28. The van der Waals surface area contributed by atoms with Gasteiger partial charge in [-0.2, -0.15) is 0 Å². The molecular formula is C28H31ClN8O2S. The second-order valence-corrected chi connectivity index (χ2v) is 11.1. The smallest absolute Gasteiger partial charge is 0.281 e. The zero-order valence-corrected chi connectivity index (χ0v) is 24.6. The molecule has 0 aliphatic carbocycles. The zero-order valence-electron chi connectivity index (χ0n) is 23.0.